The zero-order chi connectivity index (χ0) is 24.8. The van der Waals surface area contributed by atoms with E-state index in [0.29, 0.717) is 63.6 Å². The summed E-state index contributed by atoms with van der Waals surface area (Å²) < 4.78 is 6.73. The second kappa shape index (κ2) is 11.2. The number of unbranched alkanes of at least 4 members (excludes halogenated alkanes) is 1. The van der Waals surface area contributed by atoms with E-state index in [1.54, 1.807) is 24.0 Å². The number of piperazine rings is 1. The van der Waals surface area contributed by atoms with Gasteiger partial charge in [0.05, 0.1) is 6.54 Å². The van der Waals surface area contributed by atoms with Gasteiger partial charge in [-0.2, -0.15) is 0 Å². The summed E-state index contributed by atoms with van der Waals surface area (Å²) in [4.78, 5) is 58.1. The second-order valence-electron chi connectivity index (χ2n) is 8.52. The minimum atomic E-state index is -0.663. The molecule has 1 fully saturated rings. The fourth-order valence-corrected chi connectivity index (χ4v) is 4.05. The highest BCUT2D eigenvalue weighted by atomic mass is 16.3. The Morgan fingerprint density at radius 2 is 1.82 bits per heavy atom. The molecule has 0 spiro atoms. The predicted molar refractivity (Wildman–Crippen MR) is 129 cm³/mol. The first-order valence-corrected chi connectivity index (χ1v) is 11.8. The Kier molecular flexibility index (Phi) is 8.32. The number of H-pyrrole nitrogens is 1. The van der Waals surface area contributed by atoms with Crippen molar-refractivity contribution in [3.05, 3.63) is 44.5 Å². The number of aryl methyl sites for hydroxylation is 1. The van der Waals surface area contributed by atoms with E-state index in [9.17, 15) is 19.2 Å². The van der Waals surface area contributed by atoms with Crippen LogP contribution in [0.2, 0.25) is 0 Å². The van der Waals surface area contributed by atoms with Crippen molar-refractivity contribution in [2.24, 2.45) is 0 Å². The van der Waals surface area contributed by atoms with Gasteiger partial charge >= 0.3 is 5.69 Å². The highest BCUT2D eigenvalue weighted by molar-refractivity contribution is 5.97. The average molecular weight is 475 g/mol. The largest absolute Gasteiger partial charge is 0.456 e. The number of nitrogens with one attached hydrogen (secondary N) is 1. The molecule has 3 heterocycles. The van der Waals surface area contributed by atoms with Crippen LogP contribution in [0.25, 0.3) is 0 Å². The van der Waals surface area contributed by atoms with Gasteiger partial charge in [-0.15, -0.1) is 0 Å². The third kappa shape index (κ3) is 5.58. The van der Waals surface area contributed by atoms with Crippen molar-refractivity contribution < 1.29 is 14.0 Å². The number of amides is 2. The average Bonchev–Trinajstić information content (AvgIpc) is 3.25. The molecule has 11 heteroatoms. The van der Waals surface area contributed by atoms with E-state index >= 15 is 0 Å². The second-order valence-corrected chi connectivity index (χ2v) is 8.52. The maximum absolute atomic E-state index is 13.3. The van der Waals surface area contributed by atoms with Gasteiger partial charge in [-0.1, -0.05) is 20.3 Å². The molecule has 1 aliphatic heterocycles. The molecule has 3 rings (SSSR count). The molecular formula is C23H34N6O5. The van der Waals surface area contributed by atoms with Gasteiger partial charge < -0.3 is 20.0 Å². The summed E-state index contributed by atoms with van der Waals surface area (Å²) in [6.45, 7) is 8.38. The highest BCUT2D eigenvalue weighted by Gasteiger charge is 2.28. The Balaban J connectivity index is 1.73. The van der Waals surface area contributed by atoms with Crippen molar-refractivity contribution in [2.45, 2.75) is 46.6 Å². The molecule has 2 aromatic heterocycles. The molecule has 0 atom stereocenters. The summed E-state index contributed by atoms with van der Waals surface area (Å²) in [5.74, 6) is 0.558. The van der Waals surface area contributed by atoms with Crippen LogP contribution >= 0.6 is 0 Å². The number of anilines is 2. The zero-order valence-electron chi connectivity index (χ0n) is 20.1. The van der Waals surface area contributed by atoms with Crippen LogP contribution in [0.5, 0.6) is 0 Å². The predicted octanol–water partition coefficient (Wildman–Crippen LogP) is 1.02. The maximum Gasteiger partial charge on any atom is 0.330 e. The molecule has 0 aromatic carbocycles. The lowest BCUT2D eigenvalue weighted by Crippen LogP contribution is -2.52. The lowest BCUT2D eigenvalue weighted by molar-refractivity contribution is -0.120. The Bertz CT molecular complexity index is 1130. The quantitative estimate of drug-likeness (QED) is 0.553. The van der Waals surface area contributed by atoms with Gasteiger partial charge in [0.15, 0.2) is 11.4 Å². The zero-order valence-corrected chi connectivity index (χ0v) is 20.1. The van der Waals surface area contributed by atoms with Crippen molar-refractivity contribution in [2.75, 3.05) is 49.9 Å². The number of aromatic amines is 1. The molecule has 0 saturated carbocycles. The molecule has 3 N–H and O–H groups in total. The highest BCUT2D eigenvalue weighted by Crippen LogP contribution is 2.19. The number of furan rings is 1. The summed E-state index contributed by atoms with van der Waals surface area (Å²) >= 11 is 0. The van der Waals surface area contributed by atoms with E-state index in [-0.39, 0.29) is 29.9 Å². The Morgan fingerprint density at radius 3 is 2.41 bits per heavy atom. The summed E-state index contributed by atoms with van der Waals surface area (Å²) in [6.07, 6.45) is 2.16. The van der Waals surface area contributed by atoms with Gasteiger partial charge in [0, 0.05) is 39.3 Å². The molecule has 0 aliphatic carbocycles. The third-order valence-electron chi connectivity index (χ3n) is 5.94. The molecule has 1 aliphatic rings. The Morgan fingerprint density at radius 1 is 1.12 bits per heavy atom. The minimum Gasteiger partial charge on any atom is -0.456 e. The fourth-order valence-electron chi connectivity index (χ4n) is 4.05. The van der Waals surface area contributed by atoms with Crippen molar-refractivity contribution >= 4 is 23.3 Å². The maximum atomic E-state index is 13.3. The topological polar surface area (TPSA) is 138 Å². The number of rotatable bonds is 9. The molecule has 0 unspecified atom stereocenters. The summed E-state index contributed by atoms with van der Waals surface area (Å²) in [5.41, 5.74) is 4.98. The number of hydrogen-bond acceptors (Lipinski definition) is 7. The normalized spacial score (nSPS) is 14.4. The molecule has 34 heavy (non-hydrogen) atoms. The van der Waals surface area contributed by atoms with E-state index < -0.39 is 11.2 Å². The van der Waals surface area contributed by atoms with Gasteiger partial charge in [0.2, 0.25) is 5.91 Å². The Labute approximate surface area is 198 Å². The number of carbonyl (C=O) groups is 2. The number of carbonyl (C=O) groups excluding carboxylic acids is 2. The van der Waals surface area contributed by atoms with Crippen LogP contribution < -0.4 is 21.9 Å². The first kappa shape index (κ1) is 25.3. The lowest BCUT2D eigenvalue weighted by Gasteiger charge is -2.35. The van der Waals surface area contributed by atoms with Crippen LogP contribution in [0.1, 0.15) is 49.4 Å². The van der Waals surface area contributed by atoms with Crippen molar-refractivity contribution in [3.63, 3.8) is 0 Å². The number of aromatic nitrogens is 2. The van der Waals surface area contributed by atoms with Gasteiger partial charge in [-0.3, -0.25) is 28.8 Å². The lowest BCUT2D eigenvalue weighted by atomic mass is 10.2. The minimum absolute atomic E-state index is 0.00390. The van der Waals surface area contributed by atoms with E-state index in [1.807, 2.05) is 18.7 Å². The van der Waals surface area contributed by atoms with Crippen LogP contribution in [-0.4, -0.2) is 70.4 Å². The molecule has 0 radical (unpaired) electrons. The van der Waals surface area contributed by atoms with Crippen molar-refractivity contribution in [1.82, 2.24) is 19.4 Å². The standard InChI is InChI=1S/C23H34N6O5/c1-4-6-10-28(19-20(24)29(9-5-2)23(33)25-21(19)31)18(30)15-26-11-13-27(14-12-26)22(32)17-8-7-16(3)34-17/h7-8H,4-6,9-15,24H2,1-3H3,(H,25,31,33). The molecule has 186 valence electrons. The molecule has 0 bridgehead atoms. The van der Waals surface area contributed by atoms with E-state index in [4.69, 9.17) is 10.2 Å². The SMILES string of the molecule is CCCCN(C(=O)CN1CCN(C(=O)c2ccc(C)o2)CC1)c1c(N)n(CCC)c(=O)[nH]c1=O. The van der Waals surface area contributed by atoms with Crippen LogP contribution in [0.3, 0.4) is 0 Å². The smallest absolute Gasteiger partial charge is 0.330 e. The number of nitrogen functional groups attached to an aromatic ring is 1. The van der Waals surface area contributed by atoms with Crippen LogP contribution in [-0.2, 0) is 11.3 Å². The van der Waals surface area contributed by atoms with Crippen molar-refractivity contribution in [3.8, 4) is 0 Å². The van der Waals surface area contributed by atoms with E-state index in [0.717, 1.165) is 6.42 Å². The Hall–Kier alpha value is -3.34. The summed E-state index contributed by atoms with van der Waals surface area (Å²) in [6, 6.07) is 3.42. The van der Waals surface area contributed by atoms with Crippen molar-refractivity contribution in [1.29, 1.82) is 0 Å². The number of nitrogens with zero attached hydrogens (tertiary/aromatic N) is 4. The molecular weight excluding hydrogens is 440 g/mol. The fraction of sp³-hybridized carbons (Fsp3) is 0.565. The number of nitrogens with two attached hydrogens (primary N) is 1. The van der Waals surface area contributed by atoms with Gasteiger partial charge in [0.1, 0.15) is 11.6 Å². The van der Waals surface area contributed by atoms with Gasteiger partial charge in [-0.05, 0) is 31.9 Å². The van der Waals surface area contributed by atoms with Crippen LogP contribution in [0, 0.1) is 6.92 Å². The molecule has 2 aromatic rings. The van der Waals surface area contributed by atoms with Crippen LogP contribution in [0.4, 0.5) is 11.5 Å². The summed E-state index contributed by atoms with van der Waals surface area (Å²) in [7, 11) is 0. The molecule has 11 nitrogen and oxygen atoms in total. The number of hydrogen-bond donors (Lipinski definition) is 2. The van der Waals surface area contributed by atoms with Crippen LogP contribution in [0.15, 0.2) is 26.1 Å². The molecule has 1 saturated heterocycles. The van der Waals surface area contributed by atoms with Gasteiger partial charge in [0.25, 0.3) is 11.5 Å². The van der Waals surface area contributed by atoms with E-state index in [1.165, 1.54) is 9.47 Å². The third-order valence-corrected chi connectivity index (χ3v) is 5.94. The first-order chi connectivity index (χ1) is 16.3. The first-order valence-electron chi connectivity index (χ1n) is 11.8. The van der Waals surface area contributed by atoms with E-state index in [2.05, 4.69) is 4.98 Å². The van der Waals surface area contributed by atoms with Gasteiger partial charge in [-0.25, -0.2) is 4.79 Å². The molecule has 2 amide bonds. The monoisotopic (exact) mass is 474 g/mol. The summed E-state index contributed by atoms with van der Waals surface area (Å²) in [5, 5.41) is 0.